The first-order valence-electron chi connectivity index (χ1n) is 5.92. The number of nitrogens with one attached hydrogen (secondary N) is 1. The van der Waals surface area contributed by atoms with Crippen molar-refractivity contribution in [3.8, 4) is 0 Å². The van der Waals surface area contributed by atoms with Crippen LogP contribution in [0.25, 0.3) is 10.4 Å². The van der Waals surface area contributed by atoms with Gasteiger partial charge in [-0.25, -0.2) is 8.78 Å². The van der Waals surface area contributed by atoms with E-state index in [2.05, 4.69) is 15.3 Å². The molecular weight excluding hydrogens is 268 g/mol. The lowest BCUT2D eigenvalue weighted by atomic mass is 9.91. The lowest BCUT2D eigenvalue weighted by molar-refractivity contribution is -0.124. The highest BCUT2D eigenvalue weighted by Gasteiger charge is 2.33. The molecule has 108 valence electrons. The molecule has 0 aromatic heterocycles. The van der Waals surface area contributed by atoms with Gasteiger partial charge in [-0.1, -0.05) is 5.11 Å². The molecule has 20 heavy (non-hydrogen) atoms. The van der Waals surface area contributed by atoms with Gasteiger partial charge in [0, 0.05) is 17.5 Å². The van der Waals surface area contributed by atoms with E-state index in [4.69, 9.17) is 11.3 Å². The number of primary amides is 1. The number of hydrogen-bond donors (Lipinski definition) is 2. The van der Waals surface area contributed by atoms with E-state index in [9.17, 15) is 13.6 Å². The molecule has 1 aromatic rings. The summed E-state index contributed by atoms with van der Waals surface area (Å²) >= 11 is 0. The van der Waals surface area contributed by atoms with Crippen molar-refractivity contribution in [2.75, 3.05) is 13.1 Å². The Labute approximate surface area is 114 Å². The van der Waals surface area contributed by atoms with Crippen LogP contribution in [0.15, 0.2) is 23.3 Å². The van der Waals surface area contributed by atoms with Crippen LogP contribution in [0, 0.1) is 11.6 Å². The molecule has 0 fully saturated rings. The van der Waals surface area contributed by atoms with Gasteiger partial charge in [-0.2, -0.15) is 0 Å². The van der Waals surface area contributed by atoms with E-state index in [0.717, 1.165) is 12.1 Å². The molecular formula is C12H15F2N5O. The first kappa shape index (κ1) is 15.9. The largest absolute Gasteiger partial charge is 0.368 e. The van der Waals surface area contributed by atoms with E-state index in [1.807, 2.05) is 0 Å². The number of hydrogen-bond acceptors (Lipinski definition) is 3. The number of benzene rings is 1. The summed E-state index contributed by atoms with van der Waals surface area (Å²) in [6.45, 7) is 1.99. The number of azide groups is 1. The van der Waals surface area contributed by atoms with Crippen LogP contribution in [0.5, 0.6) is 0 Å². The zero-order valence-electron chi connectivity index (χ0n) is 10.9. The van der Waals surface area contributed by atoms with Gasteiger partial charge in [-0.15, -0.1) is 0 Å². The lowest BCUT2D eigenvalue weighted by Gasteiger charge is -2.28. The molecule has 0 saturated heterocycles. The summed E-state index contributed by atoms with van der Waals surface area (Å²) in [4.78, 5) is 14.2. The third kappa shape index (κ3) is 3.91. The number of nitrogens with two attached hydrogens (primary N) is 1. The molecule has 1 amide bonds. The van der Waals surface area contributed by atoms with Crippen molar-refractivity contribution < 1.29 is 13.6 Å². The molecule has 0 bridgehead atoms. The summed E-state index contributed by atoms with van der Waals surface area (Å²) < 4.78 is 26.5. The van der Waals surface area contributed by atoms with Crippen molar-refractivity contribution in [2.45, 2.75) is 18.9 Å². The Balaban J connectivity index is 2.90. The summed E-state index contributed by atoms with van der Waals surface area (Å²) in [5, 5.41) is 6.18. The van der Waals surface area contributed by atoms with Gasteiger partial charge in [0.2, 0.25) is 5.91 Å². The van der Waals surface area contributed by atoms with Crippen LogP contribution >= 0.6 is 0 Å². The molecule has 0 saturated carbocycles. The Morgan fingerprint density at radius 2 is 2.05 bits per heavy atom. The van der Waals surface area contributed by atoms with E-state index < -0.39 is 23.1 Å². The minimum atomic E-state index is -1.40. The average molecular weight is 283 g/mol. The minimum absolute atomic E-state index is 0.103. The summed E-state index contributed by atoms with van der Waals surface area (Å²) in [7, 11) is 0. The maximum atomic E-state index is 13.2. The molecule has 1 rings (SSSR count). The number of rotatable bonds is 7. The third-order valence-electron chi connectivity index (χ3n) is 2.91. The summed E-state index contributed by atoms with van der Waals surface area (Å²) in [5.41, 5.74) is 12.1. The molecule has 0 radical (unpaired) electrons. The van der Waals surface area contributed by atoms with Crippen LogP contribution < -0.4 is 11.1 Å². The fourth-order valence-electron chi connectivity index (χ4n) is 1.71. The van der Waals surface area contributed by atoms with Gasteiger partial charge in [0.1, 0.15) is 17.2 Å². The van der Waals surface area contributed by atoms with Crippen LogP contribution in [-0.2, 0) is 10.3 Å². The second kappa shape index (κ2) is 6.83. The molecule has 0 aliphatic carbocycles. The van der Waals surface area contributed by atoms with E-state index in [1.165, 1.54) is 6.92 Å². The monoisotopic (exact) mass is 283 g/mol. The average Bonchev–Trinajstić information content (AvgIpc) is 2.36. The predicted octanol–water partition coefficient (Wildman–Crippen LogP) is 1.96. The highest BCUT2D eigenvalue weighted by molar-refractivity contribution is 5.85. The van der Waals surface area contributed by atoms with Crippen molar-refractivity contribution in [2.24, 2.45) is 10.8 Å². The molecule has 0 spiro atoms. The zero-order chi connectivity index (χ0) is 15.2. The van der Waals surface area contributed by atoms with Crippen molar-refractivity contribution in [1.82, 2.24) is 5.32 Å². The molecule has 6 nitrogen and oxygen atoms in total. The Morgan fingerprint density at radius 1 is 1.45 bits per heavy atom. The quantitative estimate of drug-likeness (QED) is 0.345. The molecule has 3 N–H and O–H groups in total. The van der Waals surface area contributed by atoms with Crippen molar-refractivity contribution in [1.29, 1.82) is 0 Å². The van der Waals surface area contributed by atoms with E-state index in [1.54, 1.807) is 0 Å². The van der Waals surface area contributed by atoms with Gasteiger partial charge < -0.3 is 5.73 Å². The number of nitrogens with zero attached hydrogens (tertiary/aromatic N) is 3. The topological polar surface area (TPSA) is 104 Å². The van der Waals surface area contributed by atoms with E-state index in [0.29, 0.717) is 19.0 Å². The van der Waals surface area contributed by atoms with Gasteiger partial charge in [0.05, 0.1) is 0 Å². The Kier molecular flexibility index (Phi) is 5.42. The van der Waals surface area contributed by atoms with Gasteiger partial charge >= 0.3 is 0 Å². The fraction of sp³-hybridized carbons (Fsp3) is 0.417. The molecule has 0 aliphatic rings. The molecule has 0 heterocycles. The Bertz CT molecular complexity index is 524. The standard InChI is InChI=1S/C12H15F2N5O/c1-12(11(15)20,17-3-2-4-18-19-16)8-5-9(13)7-10(14)6-8/h5-7,17H,2-4H2,1H3,(H2,15,20). The molecule has 1 unspecified atom stereocenters. The first-order valence-corrected chi connectivity index (χ1v) is 5.92. The second-order valence-electron chi connectivity index (χ2n) is 4.38. The molecule has 0 aliphatic heterocycles. The normalized spacial score (nSPS) is 13.3. The molecule has 1 aromatic carbocycles. The first-order chi connectivity index (χ1) is 9.40. The Hall–Kier alpha value is -2.18. The van der Waals surface area contributed by atoms with E-state index in [-0.39, 0.29) is 12.1 Å². The number of carbonyl (C=O) groups is 1. The van der Waals surface area contributed by atoms with Crippen LogP contribution in [0.2, 0.25) is 0 Å². The number of carbonyl (C=O) groups excluding carboxylic acids is 1. The van der Waals surface area contributed by atoms with Gasteiger partial charge in [-0.3, -0.25) is 10.1 Å². The summed E-state index contributed by atoms with van der Waals surface area (Å²) in [5.74, 6) is -2.34. The van der Waals surface area contributed by atoms with E-state index >= 15 is 0 Å². The summed E-state index contributed by atoms with van der Waals surface area (Å²) in [6, 6.07) is 2.81. The van der Waals surface area contributed by atoms with Gasteiger partial charge in [-0.05, 0) is 43.1 Å². The number of halogens is 2. The zero-order valence-corrected chi connectivity index (χ0v) is 10.9. The predicted molar refractivity (Wildman–Crippen MR) is 69.5 cm³/mol. The Morgan fingerprint density at radius 3 is 2.55 bits per heavy atom. The number of amides is 1. The highest BCUT2D eigenvalue weighted by Crippen LogP contribution is 2.22. The van der Waals surface area contributed by atoms with Gasteiger partial charge in [0.25, 0.3) is 0 Å². The minimum Gasteiger partial charge on any atom is -0.368 e. The van der Waals surface area contributed by atoms with Gasteiger partial charge in [0.15, 0.2) is 0 Å². The van der Waals surface area contributed by atoms with Crippen LogP contribution in [0.3, 0.4) is 0 Å². The van der Waals surface area contributed by atoms with Crippen LogP contribution in [0.1, 0.15) is 18.9 Å². The lowest BCUT2D eigenvalue weighted by Crippen LogP contribution is -2.50. The molecule has 8 heteroatoms. The van der Waals surface area contributed by atoms with Crippen LogP contribution in [0.4, 0.5) is 8.78 Å². The maximum Gasteiger partial charge on any atom is 0.242 e. The molecule has 1 atom stereocenters. The fourth-order valence-corrected chi connectivity index (χ4v) is 1.71. The second-order valence-corrected chi connectivity index (χ2v) is 4.38. The SMILES string of the molecule is CC(NCCCN=[N+]=[N-])(C(N)=O)c1cc(F)cc(F)c1. The van der Waals surface area contributed by atoms with Crippen molar-refractivity contribution in [3.05, 3.63) is 45.8 Å². The van der Waals surface area contributed by atoms with Crippen molar-refractivity contribution >= 4 is 5.91 Å². The van der Waals surface area contributed by atoms with Crippen molar-refractivity contribution in [3.63, 3.8) is 0 Å². The smallest absolute Gasteiger partial charge is 0.242 e. The summed E-state index contributed by atoms with van der Waals surface area (Å²) in [6.07, 6.45) is 0.463. The maximum absolute atomic E-state index is 13.2. The third-order valence-corrected chi connectivity index (χ3v) is 2.91. The highest BCUT2D eigenvalue weighted by atomic mass is 19.1. The van der Waals surface area contributed by atoms with Crippen LogP contribution in [-0.4, -0.2) is 19.0 Å².